The number of hydrogen-bond acceptors (Lipinski definition) is 3. The van der Waals surface area contributed by atoms with Crippen molar-refractivity contribution in [1.82, 2.24) is 0 Å². The van der Waals surface area contributed by atoms with Crippen molar-refractivity contribution in [2.75, 3.05) is 0 Å². The quantitative estimate of drug-likeness (QED) is 0.358. The molecule has 3 aromatic heterocycles. The van der Waals surface area contributed by atoms with Crippen LogP contribution in [-0.4, -0.2) is 0 Å². The molecule has 3 nitrogen and oxygen atoms in total. The van der Waals surface area contributed by atoms with E-state index in [1.165, 1.54) is 0 Å². The van der Waals surface area contributed by atoms with E-state index in [4.69, 9.17) is 0 Å². The molecule has 0 aromatic carbocycles. The van der Waals surface area contributed by atoms with Gasteiger partial charge in [-0.1, -0.05) is 18.8 Å². The van der Waals surface area contributed by atoms with Gasteiger partial charge in [0.25, 0.3) is 0 Å². The van der Waals surface area contributed by atoms with Crippen molar-refractivity contribution in [1.29, 1.82) is 0 Å². The first-order valence-electron chi connectivity index (χ1n) is 4.19. The predicted molar refractivity (Wildman–Crippen MR) is 63.7 cm³/mol. The molecule has 0 aliphatic heterocycles. The van der Waals surface area contributed by atoms with Crippen LogP contribution in [0.15, 0.2) is 68.4 Å². The maximum Gasteiger partial charge on any atom is 0 e. The third-order valence-electron chi connectivity index (χ3n) is 1.14. The van der Waals surface area contributed by atoms with Crippen LogP contribution < -0.4 is 0 Å². The summed E-state index contributed by atoms with van der Waals surface area (Å²) in [5.41, 5.74) is 0. The molecule has 0 saturated carbocycles. The fourth-order valence-corrected chi connectivity index (χ4v) is 0.589. The van der Waals surface area contributed by atoms with Crippen LogP contribution >= 0.6 is 9.90 Å². The Morgan fingerprint density at radius 1 is 0.588 bits per heavy atom. The minimum absolute atomic E-state index is 0. The Hall–Kier alpha value is -1.07. The Kier molecular flexibility index (Phi) is 16.1. The third-order valence-corrected chi connectivity index (χ3v) is 1.14. The number of furan rings is 3. The first-order valence-corrected chi connectivity index (χ1v) is 4.19. The Morgan fingerprint density at radius 2 is 0.882 bits per heavy atom. The van der Waals surface area contributed by atoms with Crippen LogP contribution in [0, 0.1) is 18.8 Å². The molecule has 0 amide bonds. The summed E-state index contributed by atoms with van der Waals surface area (Å²) in [5, 5.41) is 0. The van der Waals surface area contributed by atoms with Gasteiger partial charge >= 0.3 is 0 Å². The van der Waals surface area contributed by atoms with Gasteiger partial charge in [-0.3, -0.25) is 0 Å². The van der Waals surface area contributed by atoms with Gasteiger partial charge in [0.2, 0.25) is 0 Å². The average molecular weight is 342 g/mol. The molecule has 5 heteroatoms. The van der Waals surface area contributed by atoms with Crippen molar-refractivity contribution in [2.24, 2.45) is 0 Å². The zero-order chi connectivity index (χ0) is 10.6. The summed E-state index contributed by atoms with van der Waals surface area (Å²) in [4.78, 5) is 0. The molecule has 0 N–H and O–H groups in total. The third kappa shape index (κ3) is 12.9. The number of hydrogen-bond donors (Lipinski definition) is 0. The van der Waals surface area contributed by atoms with E-state index in [2.05, 4.69) is 32.0 Å². The molecular weight excluding hydrogens is 330 g/mol. The molecule has 0 aliphatic rings. The van der Waals surface area contributed by atoms with E-state index in [1.54, 1.807) is 55.2 Å². The fourth-order valence-electron chi connectivity index (χ4n) is 0.589. The Morgan fingerprint density at radius 3 is 0.941 bits per heavy atom. The van der Waals surface area contributed by atoms with Crippen molar-refractivity contribution >= 4 is 9.90 Å². The minimum Gasteiger partial charge on any atom is -0.599 e. The molecule has 96 valence electrons. The van der Waals surface area contributed by atoms with Gasteiger partial charge < -0.3 is 13.3 Å². The van der Waals surface area contributed by atoms with Gasteiger partial charge in [0.15, 0.2) is 0 Å². The Labute approximate surface area is 117 Å². The zero-order valence-corrected chi connectivity index (χ0v) is 11.9. The van der Waals surface area contributed by atoms with Crippen LogP contribution in [0.4, 0.5) is 0 Å². The maximum atomic E-state index is 4.46. The van der Waals surface area contributed by atoms with Crippen molar-refractivity contribution < 1.29 is 33.7 Å². The summed E-state index contributed by atoms with van der Waals surface area (Å²) in [6, 6.07) is 10.5. The first kappa shape index (κ1) is 18.3. The first-order chi connectivity index (χ1) is 7.50. The minimum atomic E-state index is 0. The van der Waals surface area contributed by atoms with Crippen molar-refractivity contribution in [3.8, 4) is 0 Å². The van der Waals surface area contributed by atoms with Gasteiger partial charge in [-0.05, 0) is 18.8 Å². The SMILES string of the molecule is P.[Pd].[c-]1ccco1.[c-]1ccco1.[c-]1ccco1. The van der Waals surface area contributed by atoms with E-state index in [9.17, 15) is 0 Å². The second-order valence-electron chi connectivity index (χ2n) is 2.19. The largest absolute Gasteiger partial charge is 0.599 e. The molecule has 3 aromatic rings. The molecule has 0 aliphatic carbocycles. The fraction of sp³-hybridized carbons (Fsp3) is 0. The van der Waals surface area contributed by atoms with Gasteiger partial charge in [0, 0.05) is 20.4 Å². The molecule has 0 spiro atoms. The maximum absolute atomic E-state index is 4.46. The Bertz CT molecular complexity index is 254. The van der Waals surface area contributed by atoms with Crippen LogP contribution in [0.3, 0.4) is 0 Å². The topological polar surface area (TPSA) is 39.4 Å². The summed E-state index contributed by atoms with van der Waals surface area (Å²) in [6.07, 6.45) is 12.2. The van der Waals surface area contributed by atoms with Crippen molar-refractivity contribution in [2.45, 2.75) is 0 Å². The van der Waals surface area contributed by atoms with E-state index in [0.717, 1.165) is 0 Å². The summed E-state index contributed by atoms with van der Waals surface area (Å²) in [5.74, 6) is 0. The average Bonchev–Trinajstić information content (AvgIpc) is 3.09. The summed E-state index contributed by atoms with van der Waals surface area (Å²) >= 11 is 0. The predicted octanol–water partition coefficient (Wildman–Crippen LogP) is 3.29. The smallest absolute Gasteiger partial charge is 0 e. The van der Waals surface area contributed by atoms with Crippen LogP contribution in [0.5, 0.6) is 0 Å². The number of rotatable bonds is 0. The molecule has 0 fully saturated rings. The van der Waals surface area contributed by atoms with Gasteiger partial charge in [0.1, 0.15) is 0 Å². The van der Waals surface area contributed by atoms with Crippen LogP contribution in [0.2, 0.25) is 0 Å². The molecular formula is C12H12O3PPd-3. The van der Waals surface area contributed by atoms with Gasteiger partial charge in [-0.25, -0.2) is 0 Å². The van der Waals surface area contributed by atoms with E-state index < -0.39 is 0 Å². The summed E-state index contributed by atoms with van der Waals surface area (Å²) in [7, 11) is 0. The second kappa shape index (κ2) is 14.9. The van der Waals surface area contributed by atoms with E-state index >= 15 is 0 Å². The van der Waals surface area contributed by atoms with E-state index in [-0.39, 0.29) is 30.3 Å². The van der Waals surface area contributed by atoms with Crippen LogP contribution in [0.1, 0.15) is 0 Å². The standard InChI is InChI=1S/3C4H3O.H3P.Pd/c3*1-2-4-5-3-1;;/h3*1-3H;1H3;/q3*-1;;. The summed E-state index contributed by atoms with van der Waals surface area (Å²) < 4.78 is 13.4. The molecule has 0 radical (unpaired) electrons. The van der Waals surface area contributed by atoms with Crippen molar-refractivity contribution in [3.63, 3.8) is 0 Å². The zero-order valence-electron chi connectivity index (χ0n) is 8.94. The normalized spacial score (nSPS) is 7.06. The van der Waals surface area contributed by atoms with Gasteiger partial charge in [-0.2, -0.15) is 28.1 Å². The van der Waals surface area contributed by atoms with Gasteiger partial charge in [0.05, 0.1) is 0 Å². The van der Waals surface area contributed by atoms with Crippen LogP contribution in [-0.2, 0) is 20.4 Å². The molecule has 3 rings (SSSR count). The molecule has 0 bridgehead atoms. The van der Waals surface area contributed by atoms with Crippen LogP contribution in [0.25, 0.3) is 0 Å². The summed E-state index contributed by atoms with van der Waals surface area (Å²) in [6.45, 7) is 0. The van der Waals surface area contributed by atoms with E-state index in [0.29, 0.717) is 0 Å². The molecule has 17 heavy (non-hydrogen) atoms. The molecule has 3 heterocycles. The molecule has 0 saturated heterocycles. The van der Waals surface area contributed by atoms with Gasteiger partial charge in [-0.15, -0.1) is 18.2 Å². The van der Waals surface area contributed by atoms with Crippen molar-refractivity contribution in [3.05, 3.63) is 74.0 Å². The molecule has 1 atom stereocenters. The van der Waals surface area contributed by atoms with E-state index in [1.807, 2.05) is 0 Å². The molecule has 1 unspecified atom stereocenters. The monoisotopic (exact) mass is 341 g/mol. The second-order valence-corrected chi connectivity index (χ2v) is 2.19. The Balaban J connectivity index is 0.